The predicted molar refractivity (Wildman–Crippen MR) is 112 cm³/mol. The lowest BCUT2D eigenvalue weighted by molar-refractivity contribution is 0.760. The summed E-state index contributed by atoms with van der Waals surface area (Å²) in [5.74, 6) is 0. The van der Waals surface area contributed by atoms with Crippen LogP contribution < -0.4 is 5.56 Å². The molecule has 0 saturated heterocycles. The summed E-state index contributed by atoms with van der Waals surface area (Å²) in [6.45, 7) is 0. The molecule has 0 radical (unpaired) electrons. The van der Waals surface area contributed by atoms with Gasteiger partial charge in [0.05, 0.1) is 11.3 Å². The molecule has 142 valence electrons. The Morgan fingerprint density at radius 1 is 1.03 bits per heavy atom. The van der Waals surface area contributed by atoms with Gasteiger partial charge in [-0.25, -0.2) is 0 Å². The third-order valence-electron chi connectivity index (χ3n) is 5.53. The first-order valence-corrected chi connectivity index (χ1v) is 9.86. The lowest BCUT2D eigenvalue weighted by atomic mass is 9.90. The lowest BCUT2D eigenvalue weighted by Gasteiger charge is -2.13. The maximum Gasteiger partial charge on any atom is 0.282 e. The molecule has 29 heavy (non-hydrogen) atoms. The van der Waals surface area contributed by atoms with Crippen LogP contribution >= 0.6 is 23.2 Å². The number of halogens is 2. The summed E-state index contributed by atoms with van der Waals surface area (Å²) >= 11 is 12.0. The first-order chi connectivity index (χ1) is 14.0. The van der Waals surface area contributed by atoms with Gasteiger partial charge in [0.2, 0.25) is 0 Å². The van der Waals surface area contributed by atoms with Gasteiger partial charge in [-0.2, -0.15) is 14.9 Å². The van der Waals surface area contributed by atoms with Gasteiger partial charge in [0.15, 0.2) is 5.65 Å². The molecule has 2 aromatic heterocycles. The Morgan fingerprint density at radius 3 is 2.24 bits per heavy atom. The SMILES string of the molecule is N#Cc1c(C2(c3ccc(Cl)cc3)CC2)nn2c(=O)c(-c3ccc(Cl)cc3)c[nH]c12. The molecule has 0 spiro atoms. The molecule has 0 amide bonds. The second kappa shape index (κ2) is 6.48. The maximum atomic E-state index is 13.1. The van der Waals surface area contributed by atoms with Crippen LogP contribution in [-0.2, 0) is 5.41 Å². The van der Waals surface area contributed by atoms with E-state index in [1.54, 1.807) is 30.5 Å². The van der Waals surface area contributed by atoms with E-state index in [-0.39, 0.29) is 11.0 Å². The van der Waals surface area contributed by atoms with E-state index >= 15 is 0 Å². The minimum absolute atomic E-state index is 0.282. The molecule has 1 aliphatic carbocycles. The smallest absolute Gasteiger partial charge is 0.282 e. The number of benzene rings is 2. The van der Waals surface area contributed by atoms with Gasteiger partial charge in [0.1, 0.15) is 11.6 Å². The van der Waals surface area contributed by atoms with Gasteiger partial charge in [-0.15, -0.1) is 0 Å². The third-order valence-corrected chi connectivity index (χ3v) is 6.03. The van der Waals surface area contributed by atoms with Gasteiger partial charge in [0.25, 0.3) is 5.56 Å². The normalized spacial score (nSPS) is 14.7. The van der Waals surface area contributed by atoms with Gasteiger partial charge < -0.3 is 4.98 Å². The predicted octanol–water partition coefficient (Wildman–Crippen LogP) is 4.95. The fourth-order valence-electron chi connectivity index (χ4n) is 3.85. The van der Waals surface area contributed by atoms with Crippen molar-refractivity contribution in [3.05, 3.63) is 91.9 Å². The van der Waals surface area contributed by atoms with Crippen LogP contribution in [-0.4, -0.2) is 14.6 Å². The quantitative estimate of drug-likeness (QED) is 0.509. The highest BCUT2D eigenvalue weighted by atomic mass is 35.5. The van der Waals surface area contributed by atoms with E-state index < -0.39 is 0 Å². The van der Waals surface area contributed by atoms with E-state index in [0.717, 1.165) is 24.0 Å². The summed E-state index contributed by atoms with van der Waals surface area (Å²) in [5, 5.41) is 15.7. The molecule has 2 heterocycles. The highest BCUT2D eigenvalue weighted by Crippen LogP contribution is 2.54. The molecule has 0 unspecified atom stereocenters. The summed E-state index contributed by atoms with van der Waals surface area (Å²) in [7, 11) is 0. The van der Waals surface area contributed by atoms with Crippen molar-refractivity contribution in [2.45, 2.75) is 18.3 Å². The zero-order valence-electron chi connectivity index (χ0n) is 15.1. The van der Waals surface area contributed by atoms with Gasteiger partial charge in [-0.1, -0.05) is 47.5 Å². The molecule has 4 aromatic rings. The highest BCUT2D eigenvalue weighted by molar-refractivity contribution is 6.30. The minimum atomic E-state index is -0.359. The number of hydrogen-bond donors (Lipinski definition) is 1. The van der Waals surface area contributed by atoms with Crippen molar-refractivity contribution in [2.75, 3.05) is 0 Å². The van der Waals surface area contributed by atoms with Crippen molar-refractivity contribution in [1.29, 1.82) is 5.26 Å². The van der Waals surface area contributed by atoms with Gasteiger partial charge >= 0.3 is 0 Å². The van der Waals surface area contributed by atoms with E-state index in [1.807, 2.05) is 24.3 Å². The second-order valence-electron chi connectivity index (χ2n) is 7.20. The van der Waals surface area contributed by atoms with E-state index in [9.17, 15) is 10.1 Å². The molecule has 1 saturated carbocycles. The number of fused-ring (bicyclic) bond motifs is 1. The third kappa shape index (κ3) is 2.76. The Labute approximate surface area is 176 Å². The van der Waals surface area contributed by atoms with E-state index in [0.29, 0.717) is 32.5 Å². The number of aromatic amines is 1. The number of nitrogens with one attached hydrogen (secondary N) is 1. The Bertz CT molecular complexity index is 1340. The fourth-order valence-corrected chi connectivity index (χ4v) is 4.10. The Balaban J connectivity index is 1.71. The van der Waals surface area contributed by atoms with E-state index in [2.05, 4.69) is 16.2 Å². The first-order valence-electron chi connectivity index (χ1n) is 9.10. The number of aromatic nitrogens is 3. The van der Waals surface area contributed by atoms with Crippen molar-refractivity contribution in [1.82, 2.24) is 14.6 Å². The number of H-pyrrole nitrogens is 1. The molecule has 1 N–H and O–H groups in total. The largest absolute Gasteiger partial charge is 0.345 e. The average molecular weight is 421 g/mol. The summed E-state index contributed by atoms with van der Waals surface area (Å²) in [6, 6.07) is 16.9. The highest BCUT2D eigenvalue weighted by Gasteiger charge is 2.50. The summed E-state index contributed by atoms with van der Waals surface area (Å²) < 4.78 is 1.30. The topological polar surface area (TPSA) is 74.0 Å². The molecule has 7 heteroatoms. The standard InChI is InChI=1S/C22H14Cl2N4O/c23-15-5-1-13(2-6-15)18-12-26-20-17(11-25)19(27-28(20)21(18)29)22(9-10-22)14-3-7-16(24)8-4-14/h1-8,12,26H,9-10H2. The van der Waals surface area contributed by atoms with Crippen LogP contribution in [0.4, 0.5) is 0 Å². The molecule has 2 aromatic carbocycles. The summed E-state index contributed by atoms with van der Waals surface area (Å²) in [5.41, 5.74) is 3.04. The number of nitrogens with zero attached hydrogens (tertiary/aromatic N) is 3. The summed E-state index contributed by atoms with van der Waals surface area (Å²) in [4.78, 5) is 16.2. The second-order valence-corrected chi connectivity index (χ2v) is 8.07. The summed E-state index contributed by atoms with van der Waals surface area (Å²) in [6.07, 6.45) is 3.35. The molecule has 5 nitrogen and oxygen atoms in total. The van der Waals surface area contributed by atoms with Crippen LogP contribution in [0, 0.1) is 11.3 Å². The Kier molecular flexibility index (Phi) is 4.02. The van der Waals surface area contributed by atoms with Crippen molar-refractivity contribution < 1.29 is 0 Å². The Hall–Kier alpha value is -3.07. The average Bonchev–Trinajstić information content (AvgIpc) is 3.44. The van der Waals surface area contributed by atoms with Crippen molar-refractivity contribution >= 4 is 28.8 Å². The minimum Gasteiger partial charge on any atom is -0.345 e. The number of nitriles is 1. The molecule has 5 rings (SSSR count). The molecular weight excluding hydrogens is 407 g/mol. The van der Waals surface area contributed by atoms with Gasteiger partial charge in [-0.3, -0.25) is 4.79 Å². The van der Waals surface area contributed by atoms with Gasteiger partial charge in [0, 0.05) is 21.7 Å². The maximum absolute atomic E-state index is 13.1. The van der Waals surface area contributed by atoms with E-state index in [4.69, 9.17) is 23.2 Å². The van der Waals surface area contributed by atoms with Crippen LogP contribution in [0.15, 0.2) is 59.5 Å². The molecule has 0 bridgehead atoms. The van der Waals surface area contributed by atoms with Crippen LogP contribution in [0.2, 0.25) is 10.0 Å². The zero-order chi connectivity index (χ0) is 20.2. The molecule has 0 aliphatic heterocycles. The van der Waals surface area contributed by atoms with Crippen LogP contribution in [0.1, 0.15) is 29.7 Å². The van der Waals surface area contributed by atoms with Crippen LogP contribution in [0.5, 0.6) is 0 Å². The van der Waals surface area contributed by atoms with E-state index in [1.165, 1.54) is 4.52 Å². The monoisotopic (exact) mass is 420 g/mol. The molecule has 1 aliphatic rings. The molecule has 1 fully saturated rings. The van der Waals surface area contributed by atoms with Crippen molar-refractivity contribution in [3.8, 4) is 17.2 Å². The number of rotatable bonds is 3. The van der Waals surface area contributed by atoms with Crippen molar-refractivity contribution in [2.24, 2.45) is 0 Å². The molecule has 0 atom stereocenters. The fraction of sp³-hybridized carbons (Fsp3) is 0.136. The van der Waals surface area contributed by atoms with Crippen molar-refractivity contribution in [3.63, 3.8) is 0 Å². The Morgan fingerprint density at radius 2 is 1.66 bits per heavy atom. The van der Waals surface area contributed by atoms with Crippen LogP contribution in [0.25, 0.3) is 16.8 Å². The first kappa shape index (κ1) is 18.0. The number of hydrogen-bond acceptors (Lipinski definition) is 3. The van der Waals surface area contributed by atoms with Gasteiger partial charge in [-0.05, 0) is 48.2 Å². The van der Waals surface area contributed by atoms with Crippen LogP contribution in [0.3, 0.4) is 0 Å². The lowest BCUT2D eigenvalue weighted by Crippen LogP contribution is -2.18. The molecular formula is C22H14Cl2N4O. The zero-order valence-corrected chi connectivity index (χ0v) is 16.6.